The first-order valence-corrected chi connectivity index (χ1v) is 8.13. The monoisotopic (exact) mass is 306 g/mol. The van der Waals surface area contributed by atoms with Crippen LogP contribution in [0.1, 0.15) is 53.8 Å². The van der Waals surface area contributed by atoms with Crippen molar-refractivity contribution in [2.45, 2.75) is 46.2 Å². The molecule has 1 atom stereocenters. The third-order valence-electron chi connectivity index (χ3n) is 3.46. The number of thiophene rings is 1. The summed E-state index contributed by atoms with van der Waals surface area (Å²) in [4.78, 5) is 13.8. The lowest BCUT2D eigenvalue weighted by Gasteiger charge is -2.17. The summed E-state index contributed by atoms with van der Waals surface area (Å²) >= 11 is 1.66. The quantitative estimate of drug-likeness (QED) is 0.861. The van der Waals surface area contributed by atoms with Crippen molar-refractivity contribution in [1.82, 2.24) is 15.1 Å². The van der Waals surface area contributed by atoms with Crippen LogP contribution in [-0.4, -0.2) is 15.7 Å². The zero-order valence-corrected chi connectivity index (χ0v) is 13.5. The molecule has 0 saturated carbocycles. The van der Waals surface area contributed by atoms with E-state index in [1.807, 2.05) is 25.3 Å². The molecule has 0 aliphatic heterocycles. The molecule has 6 heteroatoms. The van der Waals surface area contributed by atoms with Crippen molar-refractivity contribution in [3.05, 3.63) is 33.8 Å². The second-order valence-electron chi connectivity index (χ2n) is 4.99. The topological polar surface area (TPSA) is 72.9 Å². The highest BCUT2D eigenvalue weighted by Gasteiger charge is 2.22. The Morgan fingerprint density at radius 1 is 1.52 bits per heavy atom. The fourth-order valence-corrected chi connectivity index (χ4v) is 3.17. The van der Waals surface area contributed by atoms with Crippen molar-refractivity contribution in [2.75, 3.05) is 5.73 Å². The molecule has 0 aromatic carbocycles. The third kappa shape index (κ3) is 3.26. The Morgan fingerprint density at radius 2 is 2.29 bits per heavy atom. The largest absolute Gasteiger partial charge is 0.395 e. The number of anilines is 1. The van der Waals surface area contributed by atoms with Crippen LogP contribution in [0.5, 0.6) is 0 Å². The van der Waals surface area contributed by atoms with Crippen LogP contribution in [-0.2, 0) is 6.54 Å². The number of carbonyl (C=O) groups is 1. The summed E-state index contributed by atoms with van der Waals surface area (Å²) in [7, 11) is 0. The number of nitrogens with zero attached hydrogens (tertiary/aromatic N) is 2. The van der Waals surface area contributed by atoms with Gasteiger partial charge in [-0.15, -0.1) is 11.3 Å². The van der Waals surface area contributed by atoms with Crippen molar-refractivity contribution >= 4 is 22.9 Å². The molecule has 21 heavy (non-hydrogen) atoms. The number of aryl methyl sites for hydroxylation is 2. The molecule has 0 radical (unpaired) electrons. The van der Waals surface area contributed by atoms with E-state index in [0.717, 1.165) is 12.8 Å². The van der Waals surface area contributed by atoms with Crippen molar-refractivity contribution < 1.29 is 4.79 Å². The van der Waals surface area contributed by atoms with Gasteiger partial charge in [0.05, 0.1) is 17.4 Å². The van der Waals surface area contributed by atoms with Gasteiger partial charge < -0.3 is 11.1 Å². The molecule has 5 nitrogen and oxygen atoms in total. The highest BCUT2D eigenvalue weighted by molar-refractivity contribution is 7.10. The van der Waals surface area contributed by atoms with Gasteiger partial charge in [0.1, 0.15) is 5.69 Å². The lowest BCUT2D eigenvalue weighted by Crippen LogP contribution is -2.30. The molecule has 2 heterocycles. The maximum Gasteiger partial charge on any atom is 0.272 e. The van der Waals surface area contributed by atoms with E-state index >= 15 is 0 Å². The first-order chi connectivity index (χ1) is 10.1. The summed E-state index contributed by atoms with van der Waals surface area (Å²) in [5, 5.41) is 9.42. The summed E-state index contributed by atoms with van der Waals surface area (Å²) in [6.45, 7) is 6.51. The second-order valence-corrected chi connectivity index (χ2v) is 5.97. The number of aromatic nitrogens is 2. The van der Waals surface area contributed by atoms with E-state index in [1.165, 1.54) is 4.88 Å². The maximum absolute atomic E-state index is 12.6. The van der Waals surface area contributed by atoms with E-state index in [4.69, 9.17) is 5.73 Å². The number of carbonyl (C=O) groups excluding carboxylic acids is 1. The van der Waals surface area contributed by atoms with E-state index in [9.17, 15) is 4.79 Å². The average molecular weight is 306 g/mol. The van der Waals surface area contributed by atoms with E-state index in [0.29, 0.717) is 23.6 Å². The molecule has 0 saturated heterocycles. The number of nitrogen functional groups attached to an aromatic ring is 1. The van der Waals surface area contributed by atoms with Crippen LogP contribution in [0.3, 0.4) is 0 Å². The van der Waals surface area contributed by atoms with E-state index in [1.54, 1.807) is 16.0 Å². The molecule has 2 aromatic heterocycles. The maximum atomic E-state index is 12.6. The molecular weight excluding hydrogens is 284 g/mol. The fourth-order valence-electron chi connectivity index (χ4n) is 2.35. The average Bonchev–Trinajstić information content (AvgIpc) is 3.07. The number of nitrogens with one attached hydrogen (secondary N) is 1. The summed E-state index contributed by atoms with van der Waals surface area (Å²) in [6.07, 6.45) is 1.91. The van der Waals surface area contributed by atoms with Gasteiger partial charge in [0, 0.05) is 11.4 Å². The Morgan fingerprint density at radius 3 is 2.86 bits per heavy atom. The summed E-state index contributed by atoms with van der Waals surface area (Å²) in [5.41, 5.74) is 7.64. The Hall–Kier alpha value is -1.82. The van der Waals surface area contributed by atoms with E-state index < -0.39 is 0 Å². The first-order valence-electron chi connectivity index (χ1n) is 7.25. The smallest absolute Gasteiger partial charge is 0.272 e. The number of hydrogen-bond donors (Lipinski definition) is 2. The minimum absolute atomic E-state index is 0.0300. The molecule has 1 unspecified atom stereocenters. The highest BCUT2D eigenvalue weighted by Crippen LogP contribution is 2.25. The van der Waals surface area contributed by atoms with Gasteiger partial charge in [-0.05, 0) is 31.7 Å². The predicted molar refractivity (Wildman–Crippen MR) is 86.5 cm³/mol. The Kier molecular flexibility index (Phi) is 5.01. The lowest BCUT2D eigenvalue weighted by atomic mass is 10.1. The molecule has 0 aliphatic carbocycles. The van der Waals surface area contributed by atoms with Crippen LogP contribution < -0.4 is 11.1 Å². The van der Waals surface area contributed by atoms with Gasteiger partial charge in [-0.2, -0.15) is 5.10 Å². The molecule has 0 spiro atoms. The number of hydrogen-bond acceptors (Lipinski definition) is 4. The zero-order chi connectivity index (χ0) is 15.4. The number of nitrogens with two attached hydrogens (primary N) is 1. The third-order valence-corrected chi connectivity index (χ3v) is 4.44. The summed E-state index contributed by atoms with van der Waals surface area (Å²) in [5.74, 6) is -0.151. The summed E-state index contributed by atoms with van der Waals surface area (Å²) in [6, 6.07) is 4.09. The molecule has 114 valence electrons. The van der Waals surface area contributed by atoms with E-state index in [-0.39, 0.29) is 11.9 Å². The summed E-state index contributed by atoms with van der Waals surface area (Å²) < 4.78 is 1.66. The minimum atomic E-state index is -0.151. The van der Waals surface area contributed by atoms with Crippen molar-refractivity contribution in [1.29, 1.82) is 0 Å². The molecular formula is C15H22N4OS. The van der Waals surface area contributed by atoms with Crippen molar-refractivity contribution in [3.63, 3.8) is 0 Å². The molecule has 1 amide bonds. The molecule has 0 fully saturated rings. The van der Waals surface area contributed by atoms with Crippen LogP contribution in [0, 0.1) is 6.92 Å². The number of amides is 1. The van der Waals surface area contributed by atoms with Gasteiger partial charge in [-0.25, -0.2) is 0 Å². The van der Waals surface area contributed by atoms with Crippen LogP contribution >= 0.6 is 11.3 Å². The van der Waals surface area contributed by atoms with Gasteiger partial charge >= 0.3 is 0 Å². The van der Waals surface area contributed by atoms with Crippen molar-refractivity contribution in [3.8, 4) is 0 Å². The van der Waals surface area contributed by atoms with Crippen LogP contribution in [0.15, 0.2) is 17.5 Å². The van der Waals surface area contributed by atoms with Crippen LogP contribution in [0.2, 0.25) is 0 Å². The van der Waals surface area contributed by atoms with Gasteiger partial charge in [0.2, 0.25) is 0 Å². The molecule has 2 rings (SSSR count). The SMILES string of the molecule is CCCC(NC(=O)c1c(N)c(C)nn1CC)c1cccs1. The van der Waals surface area contributed by atoms with Gasteiger partial charge in [-0.1, -0.05) is 19.4 Å². The fraction of sp³-hybridized carbons (Fsp3) is 0.467. The predicted octanol–water partition coefficient (Wildman–Crippen LogP) is 3.13. The normalized spacial score (nSPS) is 12.3. The second kappa shape index (κ2) is 6.76. The van der Waals surface area contributed by atoms with Gasteiger partial charge in [0.25, 0.3) is 5.91 Å². The molecule has 2 aromatic rings. The molecule has 0 bridgehead atoms. The Bertz CT molecular complexity index is 603. The van der Waals surface area contributed by atoms with Crippen LogP contribution in [0.25, 0.3) is 0 Å². The standard InChI is InChI=1S/C15H22N4OS/c1-4-7-11(12-8-6-9-21-12)17-15(20)14-13(16)10(3)18-19(14)5-2/h6,8-9,11H,4-5,7,16H2,1-3H3,(H,17,20). The molecule has 0 aliphatic rings. The van der Waals surface area contributed by atoms with E-state index in [2.05, 4.69) is 23.4 Å². The lowest BCUT2D eigenvalue weighted by molar-refractivity contribution is 0.0925. The highest BCUT2D eigenvalue weighted by atomic mass is 32.1. The minimum Gasteiger partial charge on any atom is -0.395 e. The first kappa shape index (κ1) is 15.6. The molecule has 3 N–H and O–H groups in total. The van der Waals surface area contributed by atoms with Gasteiger partial charge in [-0.3, -0.25) is 9.48 Å². The Balaban J connectivity index is 2.23. The van der Waals surface area contributed by atoms with Crippen LogP contribution in [0.4, 0.5) is 5.69 Å². The zero-order valence-electron chi connectivity index (χ0n) is 12.7. The van der Waals surface area contributed by atoms with Crippen molar-refractivity contribution in [2.24, 2.45) is 0 Å². The Labute approximate surface area is 129 Å². The number of rotatable bonds is 6. The van der Waals surface area contributed by atoms with Gasteiger partial charge in [0.15, 0.2) is 0 Å².